The van der Waals surface area contributed by atoms with Crippen molar-refractivity contribution in [2.75, 3.05) is 26.4 Å². The fourth-order valence-corrected chi connectivity index (χ4v) is 5.11. The van der Waals surface area contributed by atoms with E-state index in [9.17, 15) is 9.59 Å². The first kappa shape index (κ1) is 20.9. The number of hydrogen-bond acceptors (Lipinski definition) is 5. The molecule has 0 saturated heterocycles. The van der Waals surface area contributed by atoms with Gasteiger partial charge in [0.1, 0.15) is 10.7 Å². The van der Waals surface area contributed by atoms with Crippen molar-refractivity contribution in [1.82, 2.24) is 14.9 Å². The zero-order valence-electron chi connectivity index (χ0n) is 15.5. The monoisotopic (exact) mass is 477 g/mol. The lowest BCUT2D eigenvalue weighted by Crippen LogP contribution is -2.46. The van der Waals surface area contributed by atoms with Crippen molar-refractivity contribution in [1.29, 1.82) is 0 Å². The van der Waals surface area contributed by atoms with Crippen LogP contribution in [-0.4, -0.2) is 41.3 Å². The molecule has 28 heavy (non-hydrogen) atoms. The summed E-state index contributed by atoms with van der Waals surface area (Å²) in [5.41, 5.74) is 0.170. The molecular weight excluding hydrogens is 458 g/mol. The van der Waals surface area contributed by atoms with Crippen LogP contribution in [0, 0.1) is 0 Å². The van der Waals surface area contributed by atoms with E-state index in [4.69, 9.17) is 0 Å². The van der Waals surface area contributed by atoms with Crippen LogP contribution in [0.25, 0.3) is 12.2 Å². The smallest absolute Gasteiger partial charge is 0.272 e. The Labute approximate surface area is 179 Å². The van der Waals surface area contributed by atoms with E-state index in [1.54, 1.807) is 35.3 Å². The SMILES string of the molecule is CN(C)CCSc1ccc(/C=c2\[nH]c(=O)/c(=C/c3cccc(Br)c3)[nH]c2=O)s1. The highest BCUT2D eigenvalue weighted by Gasteiger charge is 2.02. The molecule has 0 aliphatic carbocycles. The number of aromatic amines is 2. The van der Waals surface area contributed by atoms with Crippen LogP contribution in [0.2, 0.25) is 0 Å². The zero-order valence-corrected chi connectivity index (χ0v) is 18.7. The molecule has 8 heteroatoms. The molecule has 0 atom stereocenters. The number of nitrogens with one attached hydrogen (secondary N) is 2. The zero-order chi connectivity index (χ0) is 20.1. The van der Waals surface area contributed by atoms with Crippen LogP contribution in [0.3, 0.4) is 0 Å². The Morgan fingerprint density at radius 1 is 1.07 bits per heavy atom. The Bertz CT molecular complexity index is 1190. The van der Waals surface area contributed by atoms with Crippen LogP contribution >= 0.6 is 39.0 Å². The highest BCUT2D eigenvalue weighted by atomic mass is 79.9. The van der Waals surface area contributed by atoms with E-state index in [-0.39, 0.29) is 21.8 Å². The van der Waals surface area contributed by atoms with E-state index in [0.29, 0.717) is 0 Å². The van der Waals surface area contributed by atoms with E-state index in [2.05, 4.69) is 44.9 Å². The first-order valence-corrected chi connectivity index (χ1v) is 11.2. The van der Waals surface area contributed by atoms with Gasteiger partial charge in [-0.15, -0.1) is 23.1 Å². The van der Waals surface area contributed by atoms with Crippen molar-refractivity contribution in [2.45, 2.75) is 4.21 Å². The van der Waals surface area contributed by atoms with Gasteiger partial charge in [-0.3, -0.25) is 9.59 Å². The molecule has 0 amide bonds. The molecule has 2 aromatic heterocycles. The van der Waals surface area contributed by atoms with Gasteiger partial charge >= 0.3 is 0 Å². The molecule has 2 N–H and O–H groups in total. The summed E-state index contributed by atoms with van der Waals surface area (Å²) in [7, 11) is 4.10. The molecule has 146 valence electrons. The van der Waals surface area contributed by atoms with Crippen LogP contribution in [0.1, 0.15) is 10.4 Å². The highest BCUT2D eigenvalue weighted by molar-refractivity contribution is 9.10. The van der Waals surface area contributed by atoms with Crippen LogP contribution in [-0.2, 0) is 0 Å². The van der Waals surface area contributed by atoms with Crippen LogP contribution < -0.4 is 21.8 Å². The van der Waals surface area contributed by atoms with Crippen molar-refractivity contribution in [3.05, 3.63) is 82.7 Å². The number of H-pyrrole nitrogens is 2. The van der Waals surface area contributed by atoms with Gasteiger partial charge in [0.25, 0.3) is 11.1 Å². The molecule has 0 aliphatic rings. The van der Waals surface area contributed by atoms with E-state index in [1.165, 1.54) is 4.21 Å². The first-order chi connectivity index (χ1) is 13.4. The summed E-state index contributed by atoms with van der Waals surface area (Å²) in [6, 6.07) is 11.5. The summed E-state index contributed by atoms with van der Waals surface area (Å²) in [4.78, 5) is 33.2. The fraction of sp³-hybridized carbons (Fsp3) is 0.200. The normalized spacial score (nSPS) is 12.9. The third kappa shape index (κ3) is 5.81. The summed E-state index contributed by atoms with van der Waals surface area (Å²) in [5, 5.41) is 0.481. The van der Waals surface area contributed by atoms with E-state index >= 15 is 0 Å². The predicted octanol–water partition coefficient (Wildman–Crippen LogP) is 2.20. The molecule has 5 nitrogen and oxygen atoms in total. The van der Waals surface area contributed by atoms with Gasteiger partial charge in [-0.2, -0.15) is 0 Å². The number of thiophene rings is 1. The van der Waals surface area contributed by atoms with E-state index in [0.717, 1.165) is 27.2 Å². The Balaban J connectivity index is 1.88. The van der Waals surface area contributed by atoms with Crippen molar-refractivity contribution in [2.24, 2.45) is 0 Å². The Hall–Kier alpha value is -1.87. The minimum Gasteiger partial charge on any atom is -0.316 e. The minimum atomic E-state index is -0.331. The molecule has 0 saturated carbocycles. The van der Waals surface area contributed by atoms with Gasteiger partial charge in [0, 0.05) is 21.6 Å². The number of rotatable bonds is 6. The van der Waals surface area contributed by atoms with Gasteiger partial charge in [-0.25, -0.2) is 0 Å². The summed E-state index contributed by atoms with van der Waals surface area (Å²) < 4.78 is 2.09. The lowest BCUT2D eigenvalue weighted by atomic mass is 10.2. The summed E-state index contributed by atoms with van der Waals surface area (Å²) >= 11 is 6.78. The van der Waals surface area contributed by atoms with Gasteiger partial charge in [-0.1, -0.05) is 28.1 Å². The van der Waals surface area contributed by atoms with Gasteiger partial charge in [0.2, 0.25) is 0 Å². The number of thioether (sulfide) groups is 1. The summed E-state index contributed by atoms with van der Waals surface area (Å²) in [6.07, 6.45) is 3.36. The van der Waals surface area contributed by atoms with Crippen molar-refractivity contribution >= 4 is 51.2 Å². The summed E-state index contributed by atoms with van der Waals surface area (Å²) in [5.74, 6) is 1.00. The number of nitrogens with zero attached hydrogens (tertiary/aromatic N) is 1. The molecule has 3 aromatic rings. The largest absolute Gasteiger partial charge is 0.316 e. The number of hydrogen-bond donors (Lipinski definition) is 2. The molecular formula is C20H20BrN3O2S2. The lowest BCUT2D eigenvalue weighted by Gasteiger charge is -2.07. The summed E-state index contributed by atoms with van der Waals surface area (Å²) in [6.45, 7) is 1.00. The van der Waals surface area contributed by atoms with E-state index in [1.807, 2.05) is 36.4 Å². The maximum atomic E-state index is 12.4. The molecule has 0 fully saturated rings. The van der Waals surface area contributed by atoms with Crippen molar-refractivity contribution in [3.63, 3.8) is 0 Å². The molecule has 0 spiro atoms. The van der Waals surface area contributed by atoms with Gasteiger partial charge in [0.15, 0.2) is 0 Å². The Kier molecular flexibility index (Phi) is 7.12. The predicted molar refractivity (Wildman–Crippen MR) is 122 cm³/mol. The second-order valence-electron chi connectivity index (χ2n) is 6.39. The van der Waals surface area contributed by atoms with Gasteiger partial charge in [0.05, 0.1) is 4.21 Å². The van der Waals surface area contributed by atoms with Crippen LogP contribution in [0.5, 0.6) is 0 Å². The average Bonchev–Trinajstić information content (AvgIpc) is 3.06. The van der Waals surface area contributed by atoms with Gasteiger partial charge in [-0.05, 0) is 56.1 Å². The maximum absolute atomic E-state index is 12.4. The van der Waals surface area contributed by atoms with Crippen LogP contribution in [0.15, 0.2) is 54.7 Å². The Morgan fingerprint density at radius 2 is 1.79 bits per heavy atom. The lowest BCUT2D eigenvalue weighted by molar-refractivity contribution is 0.437. The molecule has 0 unspecified atom stereocenters. The van der Waals surface area contributed by atoms with Crippen molar-refractivity contribution in [3.8, 4) is 0 Å². The second kappa shape index (κ2) is 9.56. The van der Waals surface area contributed by atoms with Gasteiger partial charge < -0.3 is 14.9 Å². The molecule has 3 rings (SSSR count). The number of aromatic nitrogens is 2. The molecule has 1 aromatic carbocycles. The second-order valence-corrected chi connectivity index (χ2v) is 9.81. The average molecular weight is 478 g/mol. The topological polar surface area (TPSA) is 69.0 Å². The molecule has 2 heterocycles. The standard InChI is InChI=1S/C20H20BrN3O2S2/c1-24(2)8-9-27-18-7-6-15(28-18)12-17-20(26)22-16(19(25)23-17)11-13-4-3-5-14(21)10-13/h3-7,10-12H,8-9H2,1-2H3,(H,22,26)(H,23,25)/b16-11-,17-12-. The molecule has 0 radical (unpaired) electrons. The minimum absolute atomic E-state index is 0.228. The third-order valence-corrected chi connectivity index (χ3v) is 6.55. The van der Waals surface area contributed by atoms with E-state index < -0.39 is 0 Å². The first-order valence-electron chi connectivity index (χ1n) is 8.60. The highest BCUT2D eigenvalue weighted by Crippen LogP contribution is 2.27. The molecule has 0 aliphatic heterocycles. The number of halogens is 1. The molecule has 0 bridgehead atoms. The fourth-order valence-electron chi connectivity index (χ4n) is 2.42. The van der Waals surface area contributed by atoms with Crippen molar-refractivity contribution < 1.29 is 0 Å². The third-order valence-electron chi connectivity index (χ3n) is 3.82. The number of benzene rings is 1. The quantitative estimate of drug-likeness (QED) is 0.534. The maximum Gasteiger partial charge on any atom is 0.272 e. The Morgan fingerprint density at radius 3 is 2.46 bits per heavy atom. The van der Waals surface area contributed by atoms with Crippen LogP contribution in [0.4, 0.5) is 0 Å².